The smallest absolute Gasteiger partial charge is 0.341 e. The molecule has 3 rings (SSSR count). The van der Waals surface area contributed by atoms with E-state index in [1.165, 1.54) is 11.3 Å². The Hall–Kier alpha value is -2.15. The minimum Gasteiger partial charge on any atom is -0.550 e. The van der Waals surface area contributed by atoms with Crippen molar-refractivity contribution in [2.45, 2.75) is 64.9 Å². The molecule has 0 aromatic carbocycles. The molecule has 0 unspecified atom stereocenters. The maximum Gasteiger partial charge on any atom is 0.341 e. The van der Waals surface area contributed by atoms with Crippen molar-refractivity contribution < 1.29 is 24.2 Å². The van der Waals surface area contributed by atoms with E-state index in [4.69, 9.17) is 4.74 Å². The standard InChI is InChI=1S/C21H27NO5S/c1-12(2)27-21(26)17-15-10-4-3-5-11-16(15)28-19(17)22-18(23)13-8-6-7-9-14(13)20(24)25/h6-7,12-14H,3-5,8-11H2,1-2H3,(H,22,23)(H,24,25)/p-1/t13-,14-/m1/s1. The van der Waals surface area contributed by atoms with Crippen molar-refractivity contribution in [3.63, 3.8) is 0 Å². The molecule has 2 aliphatic rings. The normalized spacial score (nSPS) is 21.7. The second kappa shape index (κ2) is 8.90. The molecule has 0 radical (unpaired) electrons. The molecule has 1 N–H and O–H groups in total. The molecule has 1 heterocycles. The molecule has 28 heavy (non-hydrogen) atoms. The third-order valence-electron chi connectivity index (χ3n) is 5.28. The largest absolute Gasteiger partial charge is 0.550 e. The van der Waals surface area contributed by atoms with Gasteiger partial charge in [-0.05, 0) is 57.9 Å². The fourth-order valence-electron chi connectivity index (χ4n) is 3.89. The van der Waals surface area contributed by atoms with Crippen molar-refractivity contribution in [1.29, 1.82) is 0 Å². The van der Waals surface area contributed by atoms with Gasteiger partial charge < -0.3 is 20.0 Å². The van der Waals surface area contributed by atoms with Crippen molar-refractivity contribution in [2.24, 2.45) is 11.8 Å². The lowest BCUT2D eigenvalue weighted by molar-refractivity contribution is -0.313. The van der Waals surface area contributed by atoms with Crippen LogP contribution >= 0.6 is 11.3 Å². The second-order valence-corrected chi connectivity index (χ2v) is 8.79. The second-order valence-electron chi connectivity index (χ2n) is 7.69. The van der Waals surface area contributed by atoms with Gasteiger partial charge in [0, 0.05) is 16.8 Å². The Kier molecular flexibility index (Phi) is 6.54. The number of allylic oxidation sites excluding steroid dienone is 2. The Morgan fingerprint density at radius 1 is 1.11 bits per heavy atom. The Labute approximate surface area is 169 Å². The molecule has 7 heteroatoms. The van der Waals surface area contributed by atoms with E-state index in [1.807, 2.05) is 6.08 Å². The lowest BCUT2D eigenvalue weighted by atomic mass is 9.82. The maximum atomic E-state index is 12.9. The Balaban J connectivity index is 1.90. The van der Waals surface area contributed by atoms with Gasteiger partial charge in [0.2, 0.25) is 5.91 Å². The van der Waals surface area contributed by atoms with Crippen LogP contribution in [0, 0.1) is 11.8 Å². The molecule has 0 bridgehead atoms. The summed E-state index contributed by atoms with van der Waals surface area (Å²) in [6, 6.07) is 0. The third-order valence-corrected chi connectivity index (χ3v) is 6.48. The van der Waals surface area contributed by atoms with Gasteiger partial charge in [-0.2, -0.15) is 0 Å². The zero-order chi connectivity index (χ0) is 20.3. The number of carbonyl (C=O) groups excluding carboxylic acids is 3. The Bertz CT molecular complexity index is 795. The van der Waals surface area contributed by atoms with Gasteiger partial charge in [-0.25, -0.2) is 4.79 Å². The van der Waals surface area contributed by atoms with Crippen molar-refractivity contribution in [3.8, 4) is 0 Å². The van der Waals surface area contributed by atoms with E-state index < -0.39 is 23.8 Å². The third kappa shape index (κ3) is 4.46. The van der Waals surface area contributed by atoms with Crippen LogP contribution in [-0.2, 0) is 27.2 Å². The van der Waals surface area contributed by atoms with Crippen molar-refractivity contribution in [2.75, 3.05) is 5.32 Å². The van der Waals surface area contributed by atoms with Gasteiger partial charge in [-0.15, -0.1) is 11.3 Å². The zero-order valence-corrected chi connectivity index (χ0v) is 17.1. The summed E-state index contributed by atoms with van der Waals surface area (Å²) >= 11 is 1.42. The van der Waals surface area contributed by atoms with E-state index in [9.17, 15) is 19.5 Å². The number of carboxylic acids is 1. The Morgan fingerprint density at radius 2 is 1.79 bits per heavy atom. The minimum absolute atomic E-state index is 0.261. The molecule has 1 amide bonds. The lowest BCUT2D eigenvalue weighted by Crippen LogP contribution is -2.41. The number of ether oxygens (including phenoxy) is 1. The van der Waals surface area contributed by atoms with Crippen molar-refractivity contribution >= 4 is 34.2 Å². The number of anilines is 1. The van der Waals surface area contributed by atoms with Crippen molar-refractivity contribution in [1.82, 2.24) is 0 Å². The summed E-state index contributed by atoms with van der Waals surface area (Å²) in [6.07, 6.45) is 8.80. The average Bonchev–Trinajstić information content (AvgIpc) is 2.81. The number of hydrogen-bond donors (Lipinski definition) is 1. The Morgan fingerprint density at radius 3 is 2.46 bits per heavy atom. The summed E-state index contributed by atoms with van der Waals surface area (Å²) in [7, 11) is 0. The molecule has 0 spiro atoms. The summed E-state index contributed by atoms with van der Waals surface area (Å²) in [5, 5.41) is 14.8. The fourth-order valence-corrected chi connectivity index (χ4v) is 5.17. The first-order valence-corrected chi connectivity index (χ1v) is 10.7. The van der Waals surface area contributed by atoms with E-state index in [1.54, 1.807) is 19.9 Å². The van der Waals surface area contributed by atoms with Crippen LogP contribution in [0.1, 0.15) is 66.8 Å². The molecule has 1 aromatic rings. The van der Waals surface area contributed by atoms with E-state index in [-0.39, 0.29) is 18.4 Å². The summed E-state index contributed by atoms with van der Waals surface area (Å²) in [4.78, 5) is 38.2. The van der Waals surface area contributed by atoms with Crippen LogP contribution in [0.5, 0.6) is 0 Å². The monoisotopic (exact) mass is 404 g/mol. The molecule has 1 aromatic heterocycles. The van der Waals surface area contributed by atoms with E-state index >= 15 is 0 Å². The van der Waals surface area contributed by atoms with Gasteiger partial charge in [0.1, 0.15) is 5.00 Å². The number of hydrogen-bond acceptors (Lipinski definition) is 6. The SMILES string of the molecule is CC(C)OC(=O)c1c(NC(=O)[C@@H]2CC=CC[C@H]2C(=O)[O-])sc2c1CCCCC2. The first-order chi connectivity index (χ1) is 13.4. The molecule has 2 atom stereocenters. The van der Waals surface area contributed by atoms with Crippen LogP contribution in [-0.4, -0.2) is 23.9 Å². The molecule has 0 fully saturated rings. The van der Waals surface area contributed by atoms with Crippen LogP contribution in [0.4, 0.5) is 5.00 Å². The minimum atomic E-state index is -1.22. The number of rotatable bonds is 5. The zero-order valence-electron chi connectivity index (χ0n) is 16.3. The number of fused-ring (bicyclic) bond motifs is 1. The number of carboxylic acid groups (broad SMARTS) is 1. The first kappa shape index (κ1) is 20.6. The van der Waals surface area contributed by atoms with Gasteiger partial charge in [0.15, 0.2) is 0 Å². The average molecular weight is 405 g/mol. The number of aliphatic carboxylic acids is 1. The number of aryl methyl sites for hydroxylation is 1. The van der Waals surface area contributed by atoms with Crippen LogP contribution < -0.4 is 10.4 Å². The summed E-state index contributed by atoms with van der Waals surface area (Å²) in [5.74, 6) is -3.58. The predicted octanol–water partition coefficient (Wildman–Crippen LogP) is 2.85. The topological polar surface area (TPSA) is 95.5 Å². The molecular formula is C21H26NO5S-. The van der Waals surface area contributed by atoms with Gasteiger partial charge in [0.25, 0.3) is 0 Å². The highest BCUT2D eigenvalue weighted by atomic mass is 32.1. The highest BCUT2D eigenvalue weighted by molar-refractivity contribution is 7.17. The van der Waals surface area contributed by atoms with Crippen LogP contribution in [0.2, 0.25) is 0 Å². The molecule has 6 nitrogen and oxygen atoms in total. The molecule has 2 aliphatic carbocycles. The quantitative estimate of drug-likeness (QED) is 0.462. The van der Waals surface area contributed by atoms with Crippen LogP contribution in [0.15, 0.2) is 12.2 Å². The first-order valence-electron chi connectivity index (χ1n) is 9.90. The molecule has 0 saturated carbocycles. The number of carbonyl (C=O) groups is 3. The van der Waals surface area contributed by atoms with Crippen molar-refractivity contribution in [3.05, 3.63) is 28.2 Å². The number of esters is 1. The highest BCUT2D eigenvalue weighted by Gasteiger charge is 2.33. The predicted molar refractivity (Wildman–Crippen MR) is 105 cm³/mol. The molecular weight excluding hydrogens is 378 g/mol. The van der Waals surface area contributed by atoms with Gasteiger partial charge >= 0.3 is 5.97 Å². The summed E-state index contributed by atoms with van der Waals surface area (Å²) in [5.41, 5.74) is 1.42. The summed E-state index contributed by atoms with van der Waals surface area (Å²) < 4.78 is 5.43. The van der Waals surface area contributed by atoms with Gasteiger partial charge in [0.05, 0.1) is 17.6 Å². The van der Waals surface area contributed by atoms with Crippen LogP contribution in [0.3, 0.4) is 0 Å². The summed E-state index contributed by atoms with van der Waals surface area (Å²) in [6.45, 7) is 3.58. The van der Waals surface area contributed by atoms with Crippen LogP contribution in [0.25, 0.3) is 0 Å². The molecule has 152 valence electrons. The van der Waals surface area contributed by atoms with Gasteiger partial charge in [-0.1, -0.05) is 18.6 Å². The number of amides is 1. The van der Waals surface area contributed by atoms with Gasteiger partial charge in [-0.3, -0.25) is 4.79 Å². The van der Waals surface area contributed by atoms with E-state index in [0.717, 1.165) is 42.5 Å². The fraction of sp³-hybridized carbons (Fsp3) is 0.571. The van der Waals surface area contributed by atoms with E-state index in [2.05, 4.69) is 5.32 Å². The van der Waals surface area contributed by atoms with E-state index in [0.29, 0.717) is 17.0 Å². The maximum absolute atomic E-state index is 12.9. The highest BCUT2D eigenvalue weighted by Crippen LogP contribution is 2.39. The molecule has 0 saturated heterocycles. The lowest BCUT2D eigenvalue weighted by Gasteiger charge is -2.28. The molecule has 0 aliphatic heterocycles. The number of thiophene rings is 1. The number of nitrogens with one attached hydrogen (secondary N) is 1.